The molecule has 1 aromatic rings. The molecule has 1 nitrogen and oxygen atoms in total. The van der Waals surface area contributed by atoms with Gasteiger partial charge in [-0.15, -0.1) is 11.6 Å². The van der Waals surface area contributed by atoms with Crippen LogP contribution in [0.5, 0.6) is 5.75 Å². The molecule has 0 fully saturated rings. The third-order valence-corrected chi connectivity index (χ3v) is 2.77. The highest BCUT2D eigenvalue weighted by molar-refractivity contribution is 9.10. The van der Waals surface area contributed by atoms with E-state index >= 15 is 0 Å². The zero-order valence-electron chi connectivity index (χ0n) is 6.39. The summed E-state index contributed by atoms with van der Waals surface area (Å²) >= 11 is 9.12. The standard InChI is InChI=1S/C9H8BrClO/c10-7-1-2-9-6(3-7)4-8(5-11)12-9/h1-3,8H,4-5H2. The minimum Gasteiger partial charge on any atom is -0.489 e. The van der Waals surface area contributed by atoms with Crippen LogP contribution in [-0.4, -0.2) is 12.0 Å². The molecule has 1 aliphatic heterocycles. The molecule has 0 bridgehead atoms. The van der Waals surface area contributed by atoms with Gasteiger partial charge in [0.25, 0.3) is 0 Å². The molecule has 0 N–H and O–H groups in total. The molecule has 0 aromatic heterocycles. The number of halogens is 2. The highest BCUT2D eigenvalue weighted by atomic mass is 79.9. The summed E-state index contributed by atoms with van der Waals surface area (Å²) in [6, 6.07) is 6.04. The van der Waals surface area contributed by atoms with Crippen LogP contribution in [0.3, 0.4) is 0 Å². The van der Waals surface area contributed by atoms with Crippen LogP contribution in [0.2, 0.25) is 0 Å². The summed E-state index contributed by atoms with van der Waals surface area (Å²) < 4.78 is 6.66. The molecule has 3 heteroatoms. The Kier molecular flexibility index (Phi) is 2.28. The molecule has 64 valence electrons. The van der Waals surface area contributed by atoms with E-state index in [2.05, 4.69) is 22.0 Å². The predicted octanol–water partition coefficient (Wildman–Crippen LogP) is 2.99. The zero-order valence-corrected chi connectivity index (χ0v) is 8.73. The number of ether oxygens (including phenoxy) is 1. The van der Waals surface area contributed by atoms with Gasteiger partial charge in [0.1, 0.15) is 11.9 Å². The number of hydrogen-bond acceptors (Lipinski definition) is 1. The summed E-state index contributed by atoms with van der Waals surface area (Å²) in [5, 5.41) is 0. The zero-order chi connectivity index (χ0) is 8.55. The smallest absolute Gasteiger partial charge is 0.123 e. The molecule has 1 heterocycles. The van der Waals surface area contributed by atoms with Gasteiger partial charge in [0.05, 0.1) is 5.88 Å². The third-order valence-electron chi connectivity index (χ3n) is 1.94. The fourth-order valence-electron chi connectivity index (χ4n) is 1.38. The molecule has 0 saturated heterocycles. The van der Waals surface area contributed by atoms with Crippen molar-refractivity contribution < 1.29 is 4.74 Å². The van der Waals surface area contributed by atoms with Gasteiger partial charge >= 0.3 is 0 Å². The van der Waals surface area contributed by atoms with Gasteiger partial charge in [-0.2, -0.15) is 0 Å². The second-order valence-corrected chi connectivity index (χ2v) is 4.07. The first kappa shape index (κ1) is 8.39. The van der Waals surface area contributed by atoms with Gasteiger partial charge in [0, 0.05) is 10.9 Å². The molecule has 1 aromatic carbocycles. The summed E-state index contributed by atoms with van der Waals surface area (Å²) in [6.07, 6.45) is 1.09. The maximum Gasteiger partial charge on any atom is 0.123 e. The van der Waals surface area contributed by atoms with E-state index < -0.39 is 0 Å². The van der Waals surface area contributed by atoms with Gasteiger partial charge in [-0.05, 0) is 23.8 Å². The van der Waals surface area contributed by atoms with Crippen molar-refractivity contribution in [3.63, 3.8) is 0 Å². The van der Waals surface area contributed by atoms with Crippen LogP contribution in [0.4, 0.5) is 0 Å². The lowest BCUT2D eigenvalue weighted by Crippen LogP contribution is -2.13. The van der Waals surface area contributed by atoms with Crippen LogP contribution in [-0.2, 0) is 6.42 Å². The number of alkyl halides is 1. The first-order valence-electron chi connectivity index (χ1n) is 3.80. The van der Waals surface area contributed by atoms with E-state index in [-0.39, 0.29) is 6.10 Å². The first-order chi connectivity index (χ1) is 5.79. The largest absolute Gasteiger partial charge is 0.489 e. The van der Waals surface area contributed by atoms with Crippen molar-refractivity contribution in [2.75, 3.05) is 5.88 Å². The van der Waals surface area contributed by atoms with Crippen molar-refractivity contribution in [1.82, 2.24) is 0 Å². The number of rotatable bonds is 1. The fourth-order valence-corrected chi connectivity index (χ4v) is 1.96. The van der Waals surface area contributed by atoms with Gasteiger partial charge < -0.3 is 4.74 Å². The topological polar surface area (TPSA) is 9.23 Å². The van der Waals surface area contributed by atoms with E-state index in [0.717, 1.165) is 16.6 Å². The summed E-state index contributed by atoms with van der Waals surface area (Å²) in [5.41, 5.74) is 1.25. The second kappa shape index (κ2) is 3.27. The Labute approximate surface area is 84.8 Å². The van der Waals surface area contributed by atoms with E-state index in [1.165, 1.54) is 5.56 Å². The van der Waals surface area contributed by atoms with Crippen molar-refractivity contribution >= 4 is 27.5 Å². The lowest BCUT2D eigenvalue weighted by atomic mass is 10.1. The van der Waals surface area contributed by atoms with Crippen molar-refractivity contribution in [1.29, 1.82) is 0 Å². The monoisotopic (exact) mass is 246 g/mol. The number of fused-ring (bicyclic) bond motifs is 1. The minimum atomic E-state index is 0.163. The SMILES string of the molecule is ClCC1Cc2cc(Br)ccc2O1. The van der Waals surface area contributed by atoms with Crippen molar-refractivity contribution in [2.24, 2.45) is 0 Å². The summed E-state index contributed by atoms with van der Waals surface area (Å²) in [5.74, 6) is 1.54. The Morgan fingerprint density at radius 2 is 2.42 bits per heavy atom. The van der Waals surface area contributed by atoms with E-state index in [0.29, 0.717) is 5.88 Å². The van der Waals surface area contributed by atoms with Gasteiger partial charge in [0.15, 0.2) is 0 Å². The Bertz CT molecular complexity index is 301. The number of hydrogen-bond donors (Lipinski definition) is 0. The van der Waals surface area contributed by atoms with Crippen molar-refractivity contribution in [3.05, 3.63) is 28.2 Å². The highest BCUT2D eigenvalue weighted by Crippen LogP contribution is 2.31. The van der Waals surface area contributed by atoms with Crippen LogP contribution in [0.15, 0.2) is 22.7 Å². The predicted molar refractivity (Wildman–Crippen MR) is 53.0 cm³/mol. The van der Waals surface area contributed by atoms with Crippen LogP contribution >= 0.6 is 27.5 Å². The van der Waals surface area contributed by atoms with Crippen molar-refractivity contribution in [3.8, 4) is 5.75 Å². The molecule has 2 rings (SSSR count). The van der Waals surface area contributed by atoms with Crippen LogP contribution in [0.1, 0.15) is 5.56 Å². The molecule has 1 aliphatic rings. The molecule has 0 radical (unpaired) electrons. The Balaban J connectivity index is 2.30. The summed E-state index contributed by atoms with van der Waals surface area (Å²) in [4.78, 5) is 0. The van der Waals surface area contributed by atoms with Crippen molar-refractivity contribution in [2.45, 2.75) is 12.5 Å². The van der Waals surface area contributed by atoms with Crippen LogP contribution < -0.4 is 4.74 Å². The number of benzene rings is 1. The highest BCUT2D eigenvalue weighted by Gasteiger charge is 2.21. The van der Waals surface area contributed by atoms with Gasteiger partial charge in [0.2, 0.25) is 0 Å². The summed E-state index contributed by atoms with van der Waals surface area (Å²) in [6.45, 7) is 0. The third kappa shape index (κ3) is 1.46. The van der Waals surface area contributed by atoms with Gasteiger partial charge in [-0.25, -0.2) is 0 Å². The average molecular weight is 248 g/mol. The Morgan fingerprint density at radius 1 is 1.58 bits per heavy atom. The van der Waals surface area contributed by atoms with E-state index in [4.69, 9.17) is 16.3 Å². The maximum atomic E-state index is 5.70. The maximum absolute atomic E-state index is 5.70. The minimum absolute atomic E-state index is 0.163. The van der Waals surface area contributed by atoms with E-state index in [1.54, 1.807) is 0 Å². The molecule has 1 atom stereocenters. The molecular formula is C9H8BrClO. The molecule has 0 aliphatic carbocycles. The molecule has 0 spiro atoms. The van der Waals surface area contributed by atoms with E-state index in [9.17, 15) is 0 Å². The Hall–Kier alpha value is -0.210. The average Bonchev–Trinajstić information content (AvgIpc) is 2.46. The Morgan fingerprint density at radius 3 is 3.17 bits per heavy atom. The van der Waals surface area contributed by atoms with E-state index in [1.807, 2.05) is 12.1 Å². The van der Waals surface area contributed by atoms with Gasteiger partial charge in [-0.3, -0.25) is 0 Å². The lowest BCUT2D eigenvalue weighted by Gasteiger charge is -2.04. The molecule has 0 saturated carbocycles. The van der Waals surface area contributed by atoms with Gasteiger partial charge in [-0.1, -0.05) is 15.9 Å². The normalized spacial score (nSPS) is 20.3. The molecular weight excluding hydrogens is 239 g/mol. The summed E-state index contributed by atoms with van der Waals surface area (Å²) in [7, 11) is 0. The first-order valence-corrected chi connectivity index (χ1v) is 5.13. The molecule has 1 unspecified atom stereocenters. The lowest BCUT2D eigenvalue weighted by molar-refractivity contribution is 0.258. The van der Waals surface area contributed by atoms with Crippen LogP contribution in [0.25, 0.3) is 0 Å². The molecule has 12 heavy (non-hydrogen) atoms. The fraction of sp³-hybridized carbons (Fsp3) is 0.333. The van der Waals surface area contributed by atoms with Crippen LogP contribution in [0, 0.1) is 0 Å². The quantitative estimate of drug-likeness (QED) is 0.693. The second-order valence-electron chi connectivity index (χ2n) is 2.85. The molecule has 0 amide bonds.